The highest BCUT2D eigenvalue weighted by Crippen LogP contribution is 2.54. The number of fused-ring (bicyclic) bond motifs is 4. The standard InChI is InChI=1S/C18H12N2S/c1-2-8-14-12(6-1)13-7-5-11-17-18(13)20(19-14)15-9-3-4-10-16(15)21-17/h1-11,19H. The van der Waals surface area contributed by atoms with E-state index in [9.17, 15) is 0 Å². The number of hydrogen-bond donors (Lipinski definition) is 1. The van der Waals surface area contributed by atoms with Gasteiger partial charge in [0.1, 0.15) is 0 Å². The van der Waals surface area contributed by atoms with Gasteiger partial charge < -0.3 is 0 Å². The van der Waals surface area contributed by atoms with Crippen LogP contribution in [-0.2, 0) is 0 Å². The molecule has 0 amide bonds. The second-order valence-corrected chi connectivity index (χ2v) is 6.30. The molecular formula is C18H12N2S. The first kappa shape index (κ1) is 11.3. The Morgan fingerprint density at radius 3 is 2.48 bits per heavy atom. The van der Waals surface area contributed by atoms with Crippen molar-refractivity contribution < 1.29 is 0 Å². The number of anilines is 3. The number of hydrazine groups is 1. The van der Waals surface area contributed by atoms with Gasteiger partial charge in [-0.1, -0.05) is 54.2 Å². The molecule has 0 spiro atoms. The van der Waals surface area contributed by atoms with Crippen molar-refractivity contribution in [2.45, 2.75) is 9.79 Å². The van der Waals surface area contributed by atoms with E-state index in [1.165, 1.54) is 32.3 Å². The van der Waals surface area contributed by atoms with Crippen LogP contribution in [0.2, 0.25) is 0 Å². The Balaban J connectivity index is 1.85. The van der Waals surface area contributed by atoms with E-state index in [0.717, 1.165) is 5.69 Å². The van der Waals surface area contributed by atoms with E-state index in [1.807, 2.05) is 11.8 Å². The molecule has 0 bridgehead atoms. The topological polar surface area (TPSA) is 15.3 Å². The Morgan fingerprint density at radius 1 is 0.714 bits per heavy atom. The van der Waals surface area contributed by atoms with Crippen molar-refractivity contribution in [1.29, 1.82) is 0 Å². The minimum atomic E-state index is 1.16. The summed E-state index contributed by atoms with van der Waals surface area (Å²) >= 11 is 1.84. The van der Waals surface area contributed by atoms with Crippen LogP contribution in [0.3, 0.4) is 0 Å². The Kier molecular flexibility index (Phi) is 2.18. The zero-order valence-corrected chi connectivity index (χ0v) is 12.0. The summed E-state index contributed by atoms with van der Waals surface area (Å²) in [7, 11) is 0. The second-order valence-electron chi connectivity index (χ2n) is 5.21. The molecule has 21 heavy (non-hydrogen) atoms. The lowest BCUT2D eigenvalue weighted by Gasteiger charge is -2.38. The molecule has 0 fully saturated rings. The first-order chi connectivity index (χ1) is 10.4. The van der Waals surface area contributed by atoms with Gasteiger partial charge in [-0.15, -0.1) is 0 Å². The molecule has 0 radical (unpaired) electrons. The molecule has 0 aromatic heterocycles. The zero-order chi connectivity index (χ0) is 13.8. The highest BCUT2D eigenvalue weighted by atomic mass is 32.2. The molecule has 1 N–H and O–H groups in total. The van der Waals surface area contributed by atoms with Gasteiger partial charge in [0.05, 0.1) is 17.1 Å². The Labute approximate surface area is 127 Å². The largest absolute Gasteiger partial charge is 0.293 e. The Hall–Kier alpha value is -2.39. The van der Waals surface area contributed by atoms with Gasteiger partial charge in [0.2, 0.25) is 0 Å². The van der Waals surface area contributed by atoms with Crippen molar-refractivity contribution in [2.24, 2.45) is 0 Å². The maximum atomic E-state index is 3.57. The van der Waals surface area contributed by atoms with Crippen molar-refractivity contribution in [3.63, 3.8) is 0 Å². The minimum Gasteiger partial charge on any atom is -0.293 e. The highest BCUT2D eigenvalue weighted by molar-refractivity contribution is 7.99. The number of hydrogen-bond acceptors (Lipinski definition) is 3. The third-order valence-corrected chi connectivity index (χ3v) is 5.11. The summed E-state index contributed by atoms with van der Waals surface area (Å²) in [6.45, 7) is 0. The molecule has 3 aromatic rings. The molecule has 2 aliphatic rings. The molecular weight excluding hydrogens is 276 g/mol. The molecule has 0 saturated heterocycles. The predicted molar refractivity (Wildman–Crippen MR) is 88.2 cm³/mol. The fourth-order valence-corrected chi connectivity index (χ4v) is 4.16. The molecule has 3 aromatic carbocycles. The Bertz CT molecular complexity index is 873. The third kappa shape index (κ3) is 1.49. The molecule has 3 heteroatoms. The molecule has 2 heterocycles. The summed E-state index contributed by atoms with van der Waals surface area (Å²) in [4.78, 5) is 2.59. The third-order valence-electron chi connectivity index (χ3n) is 4.00. The van der Waals surface area contributed by atoms with Gasteiger partial charge in [0.25, 0.3) is 0 Å². The molecule has 2 aliphatic heterocycles. The molecule has 0 saturated carbocycles. The van der Waals surface area contributed by atoms with Crippen LogP contribution in [0.1, 0.15) is 0 Å². The average Bonchev–Trinajstić information content (AvgIpc) is 2.55. The number of benzene rings is 3. The lowest BCUT2D eigenvalue weighted by Crippen LogP contribution is -2.30. The molecule has 0 unspecified atom stereocenters. The minimum absolute atomic E-state index is 1.16. The van der Waals surface area contributed by atoms with E-state index >= 15 is 0 Å². The zero-order valence-electron chi connectivity index (χ0n) is 11.2. The predicted octanol–water partition coefficient (Wildman–Crippen LogP) is 5.30. The van der Waals surface area contributed by atoms with Crippen LogP contribution in [0.5, 0.6) is 0 Å². The SMILES string of the molecule is c1ccc2c(c1)NN1c3ccccc3Sc3cccc-2c31. The van der Waals surface area contributed by atoms with Gasteiger partial charge >= 0.3 is 0 Å². The number of nitrogens with zero attached hydrogens (tertiary/aromatic N) is 1. The summed E-state index contributed by atoms with van der Waals surface area (Å²) in [5.41, 5.74) is 9.77. The van der Waals surface area contributed by atoms with Crippen molar-refractivity contribution >= 4 is 28.8 Å². The number of rotatable bonds is 0. The maximum Gasteiger partial charge on any atom is 0.0849 e. The second kappa shape index (κ2) is 4.06. The lowest BCUT2D eigenvalue weighted by molar-refractivity contribution is 1.07. The van der Waals surface area contributed by atoms with Crippen LogP contribution >= 0.6 is 11.8 Å². The summed E-state index contributed by atoms with van der Waals surface area (Å²) in [5, 5.41) is 2.22. The summed E-state index contributed by atoms with van der Waals surface area (Å²) < 4.78 is 0. The van der Waals surface area contributed by atoms with Gasteiger partial charge in [-0.05, 0) is 24.3 Å². The smallest absolute Gasteiger partial charge is 0.0849 e. The average molecular weight is 288 g/mol. The maximum absolute atomic E-state index is 3.57. The van der Waals surface area contributed by atoms with Crippen LogP contribution in [0.15, 0.2) is 76.5 Å². The van der Waals surface area contributed by atoms with Gasteiger partial charge in [-0.3, -0.25) is 10.4 Å². The van der Waals surface area contributed by atoms with E-state index in [4.69, 9.17) is 0 Å². The van der Waals surface area contributed by atoms with E-state index in [1.54, 1.807) is 0 Å². The van der Waals surface area contributed by atoms with Crippen LogP contribution in [-0.4, -0.2) is 0 Å². The van der Waals surface area contributed by atoms with E-state index in [-0.39, 0.29) is 0 Å². The quantitative estimate of drug-likeness (QED) is 0.604. The molecule has 0 aliphatic carbocycles. The first-order valence-corrected chi connectivity index (χ1v) is 7.79. The van der Waals surface area contributed by atoms with Crippen molar-refractivity contribution in [3.05, 3.63) is 66.7 Å². The van der Waals surface area contributed by atoms with Gasteiger partial charge in [0, 0.05) is 20.9 Å². The van der Waals surface area contributed by atoms with E-state index < -0.39 is 0 Å². The monoisotopic (exact) mass is 288 g/mol. The van der Waals surface area contributed by atoms with Crippen LogP contribution in [0, 0.1) is 0 Å². The van der Waals surface area contributed by atoms with Crippen molar-refractivity contribution in [1.82, 2.24) is 0 Å². The van der Waals surface area contributed by atoms with Crippen molar-refractivity contribution in [2.75, 3.05) is 10.4 Å². The summed E-state index contributed by atoms with van der Waals surface area (Å²) in [6, 6.07) is 23.6. The van der Waals surface area contributed by atoms with Gasteiger partial charge in [-0.2, -0.15) is 0 Å². The number of para-hydroxylation sites is 3. The first-order valence-electron chi connectivity index (χ1n) is 6.98. The van der Waals surface area contributed by atoms with Crippen molar-refractivity contribution in [3.8, 4) is 11.1 Å². The molecule has 0 atom stereocenters. The Morgan fingerprint density at radius 2 is 1.48 bits per heavy atom. The highest BCUT2D eigenvalue weighted by Gasteiger charge is 2.30. The van der Waals surface area contributed by atoms with E-state index in [0.29, 0.717) is 0 Å². The van der Waals surface area contributed by atoms with Gasteiger partial charge in [-0.25, -0.2) is 0 Å². The fraction of sp³-hybridized carbons (Fsp3) is 0. The van der Waals surface area contributed by atoms with Crippen LogP contribution in [0.25, 0.3) is 11.1 Å². The normalized spacial score (nSPS) is 13.8. The van der Waals surface area contributed by atoms with Crippen LogP contribution in [0.4, 0.5) is 17.1 Å². The lowest BCUT2D eigenvalue weighted by atomic mass is 9.99. The molecule has 2 nitrogen and oxygen atoms in total. The molecule has 100 valence electrons. The summed E-state index contributed by atoms with van der Waals surface area (Å²) in [5.74, 6) is 0. The van der Waals surface area contributed by atoms with E-state index in [2.05, 4.69) is 77.2 Å². The summed E-state index contributed by atoms with van der Waals surface area (Å²) in [6.07, 6.45) is 0. The fourth-order valence-electron chi connectivity index (χ4n) is 3.07. The van der Waals surface area contributed by atoms with Gasteiger partial charge in [0.15, 0.2) is 0 Å². The number of nitrogens with one attached hydrogen (secondary N) is 1. The van der Waals surface area contributed by atoms with Crippen LogP contribution < -0.4 is 10.4 Å². The molecule has 5 rings (SSSR count).